The van der Waals surface area contributed by atoms with E-state index in [1.807, 2.05) is 60.7 Å². The molecule has 0 fully saturated rings. The minimum absolute atomic E-state index is 0.125. The van der Waals surface area contributed by atoms with Crippen molar-refractivity contribution in [2.24, 2.45) is 0 Å². The summed E-state index contributed by atoms with van der Waals surface area (Å²) in [6.07, 6.45) is 1.53. The Hall–Kier alpha value is -3.05. The minimum Gasteiger partial charge on any atom is -0.467 e. The molecule has 0 radical (unpaired) electrons. The first kappa shape index (κ1) is 16.4. The van der Waals surface area contributed by atoms with Crippen molar-refractivity contribution in [1.29, 1.82) is 0 Å². The van der Waals surface area contributed by atoms with E-state index in [1.54, 1.807) is 12.1 Å². The number of carbonyl (C=O) groups is 2. The average molecular weight is 361 g/mol. The molecule has 0 saturated heterocycles. The second kappa shape index (κ2) is 7.06. The molecule has 4 rings (SSSR count). The van der Waals surface area contributed by atoms with Gasteiger partial charge in [-0.3, -0.25) is 14.5 Å². The van der Waals surface area contributed by atoms with Gasteiger partial charge in [-0.15, -0.1) is 0 Å². The molecule has 26 heavy (non-hydrogen) atoms. The first-order chi connectivity index (χ1) is 12.7. The molecule has 5 heteroatoms. The van der Waals surface area contributed by atoms with Crippen molar-refractivity contribution >= 4 is 29.1 Å². The summed E-state index contributed by atoms with van der Waals surface area (Å²) in [5, 5.41) is 0. The maximum atomic E-state index is 13.0. The van der Waals surface area contributed by atoms with Gasteiger partial charge in [0.05, 0.1) is 23.3 Å². The predicted molar refractivity (Wildman–Crippen MR) is 99.9 cm³/mol. The van der Waals surface area contributed by atoms with E-state index in [9.17, 15) is 9.59 Å². The van der Waals surface area contributed by atoms with E-state index < -0.39 is 0 Å². The molecule has 1 aromatic heterocycles. The molecular formula is C21H15NO3S. The number of rotatable bonds is 5. The summed E-state index contributed by atoms with van der Waals surface area (Å²) >= 11 is 1.32. The zero-order chi connectivity index (χ0) is 17.9. The van der Waals surface area contributed by atoms with Crippen molar-refractivity contribution < 1.29 is 14.0 Å². The number of carbonyl (C=O) groups excluding carboxylic acids is 2. The molecule has 0 atom stereocenters. The second-order valence-electron chi connectivity index (χ2n) is 5.76. The van der Waals surface area contributed by atoms with Crippen LogP contribution in [0.25, 0.3) is 5.57 Å². The Morgan fingerprint density at radius 2 is 1.50 bits per heavy atom. The lowest BCUT2D eigenvalue weighted by molar-refractivity contribution is -0.137. The first-order valence-electron chi connectivity index (χ1n) is 8.15. The van der Waals surface area contributed by atoms with E-state index in [-0.39, 0.29) is 18.4 Å². The molecule has 4 nitrogen and oxygen atoms in total. The van der Waals surface area contributed by atoms with Crippen LogP contribution in [-0.4, -0.2) is 16.7 Å². The van der Waals surface area contributed by atoms with E-state index >= 15 is 0 Å². The Morgan fingerprint density at radius 1 is 0.808 bits per heavy atom. The molecule has 1 aliphatic heterocycles. The average Bonchev–Trinajstić information content (AvgIpc) is 3.27. The molecule has 2 heterocycles. The highest BCUT2D eigenvalue weighted by Gasteiger charge is 2.39. The molecule has 2 amide bonds. The van der Waals surface area contributed by atoms with Gasteiger partial charge >= 0.3 is 0 Å². The maximum Gasteiger partial charge on any atom is 0.268 e. The monoisotopic (exact) mass is 361 g/mol. The van der Waals surface area contributed by atoms with Crippen LogP contribution >= 0.6 is 11.8 Å². The van der Waals surface area contributed by atoms with Crippen LogP contribution in [0.15, 0.2) is 93.3 Å². The summed E-state index contributed by atoms with van der Waals surface area (Å²) in [4.78, 5) is 28.7. The number of hydrogen-bond donors (Lipinski definition) is 0. The molecular weight excluding hydrogens is 346 g/mol. The van der Waals surface area contributed by atoms with Gasteiger partial charge in [0.15, 0.2) is 0 Å². The SMILES string of the molecule is O=C1C(Sc2ccccc2)=C(c2ccccc2)C(=O)N1Cc1ccco1. The van der Waals surface area contributed by atoms with Crippen LogP contribution in [-0.2, 0) is 16.1 Å². The smallest absolute Gasteiger partial charge is 0.268 e. The molecule has 0 spiro atoms. The quantitative estimate of drug-likeness (QED) is 0.634. The van der Waals surface area contributed by atoms with Crippen LogP contribution < -0.4 is 0 Å². The Balaban J connectivity index is 1.74. The van der Waals surface area contributed by atoms with Gasteiger partial charge in [-0.2, -0.15) is 0 Å². The van der Waals surface area contributed by atoms with E-state index in [0.717, 1.165) is 10.5 Å². The molecule has 0 bridgehead atoms. The number of nitrogens with zero attached hydrogens (tertiary/aromatic N) is 1. The van der Waals surface area contributed by atoms with Crippen molar-refractivity contribution in [3.05, 3.63) is 95.3 Å². The fourth-order valence-electron chi connectivity index (χ4n) is 2.82. The molecule has 2 aromatic carbocycles. The Labute approximate surface area is 155 Å². The normalized spacial score (nSPS) is 14.4. The zero-order valence-electron chi connectivity index (χ0n) is 13.8. The van der Waals surface area contributed by atoms with Crippen molar-refractivity contribution in [2.75, 3.05) is 0 Å². The van der Waals surface area contributed by atoms with Crippen molar-refractivity contribution in [1.82, 2.24) is 4.90 Å². The van der Waals surface area contributed by atoms with Crippen LogP contribution in [0.5, 0.6) is 0 Å². The van der Waals surface area contributed by atoms with Gasteiger partial charge in [-0.1, -0.05) is 60.3 Å². The summed E-state index contributed by atoms with van der Waals surface area (Å²) in [7, 11) is 0. The van der Waals surface area contributed by atoms with Crippen LogP contribution in [0.2, 0.25) is 0 Å². The van der Waals surface area contributed by atoms with E-state index in [4.69, 9.17) is 4.42 Å². The number of benzene rings is 2. The highest BCUT2D eigenvalue weighted by atomic mass is 32.2. The van der Waals surface area contributed by atoms with Gasteiger partial charge in [0, 0.05) is 4.90 Å². The van der Waals surface area contributed by atoms with Crippen LogP contribution in [0.1, 0.15) is 11.3 Å². The molecule has 1 aliphatic rings. The lowest BCUT2D eigenvalue weighted by Crippen LogP contribution is -2.30. The Bertz CT molecular complexity index is 963. The summed E-state index contributed by atoms with van der Waals surface area (Å²) in [6.45, 7) is 0.125. The first-order valence-corrected chi connectivity index (χ1v) is 8.97. The standard InChI is InChI=1S/C21H15NO3S/c23-20-18(15-8-3-1-4-9-15)19(26-17-11-5-2-6-12-17)21(24)22(20)14-16-10-7-13-25-16/h1-13H,14H2. The topological polar surface area (TPSA) is 50.5 Å². The Morgan fingerprint density at radius 3 is 2.15 bits per heavy atom. The molecule has 0 saturated carbocycles. The lowest BCUT2D eigenvalue weighted by atomic mass is 10.1. The third-order valence-corrected chi connectivity index (χ3v) is 5.14. The van der Waals surface area contributed by atoms with E-state index in [2.05, 4.69) is 0 Å². The lowest BCUT2D eigenvalue weighted by Gasteiger charge is -2.13. The van der Waals surface area contributed by atoms with Gasteiger partial charge in [0.1, 0.15) is 5.76 Å². The van der Waals surface area contributed by atoms with Crippen LogP contribution in [0.3, 0.4) is 0 Å². The number of hydrogen-bond acceptors (Lipinski definition) is 4. The molecule has 0 N–H and O–H groups in total. The summed E-state index contributed by atoms with van der Waals surface area (Å²) in [5.41, 5.74) is 1.18. The van der Waals surface area contributed by atoms with Crippen LogP contribution in [0, 0.1) is 0 Å². The fraction of sp³-hybridized carbons (Fsp3) is 0.0476. The molecule has 0 unspecified atom stereocenters. The molecule has 0 aliphatic carbocycles. The number of thioether (sulfide) groups is 1. The number of furan rings is 1. The molecule has 128 valence electrons. The molecule has 3 aromatic rings. The van der Waals surface area contributed by atoms with Gasteiger partial charge in [-0.25, -0.2) is 0 Å². The fourth-order valence-corrected chi connectivity index (χ4v) is 3.85. The third-order valence-electron chi connectivity index (χ3n) is 4.05. The van der Waals surface area contributed by atoms with Gasteiger partial charge in [0.2, 0.25) is 0 Å². The zero-order valence-corrected chi connectivity index (χ0v) is 14.6. The van der Waals surface area contributed by atoms with Gasteiger partial charge in [0.25, 0.3) is 11.8 Å². The number of amides is 2. The van der Waals surface area contributed by atoms with Crippen molar-refractivity contribution in [3.63, 3.8) is 0 Å². The van der Waals surface area contributed by atoms with Crippen molar-refractivity contribution in [3.8, 4) is 0 Å². The van der Waals surface area contributed by atoms with E-state index in [1.165, 1.54) is 22.9 Å². The minimum atomic E-state index is -0.295. The predicted octanol–water partition coefficient (Wildman–Crippen LogP) is 4.35. The summed E-state index contributed by atoms with van der Waals surface area (Å²) in [5.74, 6) is -0.0137. The second-order valence-corrected chi connectivity index (χ2v) is 6.84. The highest BCUT2D eigenvalue weighted by molar-refractivity contribution is 8.04. The van der Waals surface area contributed by atoms with E-state index in [0.29, 0.717) is 16.2 Å². The third kappa shape index (κ3) is 3.09. The Kier molecular flexibility index (Phi) is 4.46. The van der Waals surface area contributed by atoms with Gasteiger partial charge < -0.3 is 4.42 Å². The number of imide groups is 1. The van der Waals surface area contributed by atoms with Crippen molar-refractivity contribution in [2.45, 2.75) is 11.4 Å². The maximum absolute atomic E-state index is 13.0. The van der Waals surface area contributed by atoms with Gasteiger partial charge in [-0.05, 0) is 29.8 Å². The highest BCUT2D eigenvalue weighted by Crippen LogP contribution is 2.40. The summed E-state index contributed by atoms with van der Waals surface area (Å²) < 4.78 is 5.32. The van der Waals surface area contributed by atoms with Crippen LogP contribution in [0.4, 0.5) is 0 Å². The largest absolute Gasteiger partial charge is 0.467 e. The summed E-state index contributed by atoms with van der Waals surface area (Å²) in [6, 6.07) is 22.4.